The fraction of sp³-hybridized carbons (Fsp3) is 0.438. The summed E-state index contributed by atoms with van der Waals surface area (Å²) in [6.45, 7) is 4.49. The molecular weight excluding hydrogens is 365 g/mol. The lowest BCUT2D eigenvalue weighted by Gasteiger charge is -2.21. The molecule has 0 saturated heterocycles. The molecule has 0 aliphatic carbocycles. The molecule has 0 aliphatic rings. The maximum atomic E-state index is 13.3. The number of alkyl halides is 3. The molecule has 2 aromatic rings. The number of pyridine rings is 1. The van der Waals surface area contributed by atoms with Crippen LogP contribution in [0.2, 0.25) is 0 Å². The second-order valence-electron chi connectivity index (χ2n) is 5.60. The van der Waals surface area contributed by atoms with Crippen LogP contribution in [0.25, 0.3) is 0 Å². The summed E-state index contributed by atoms with van der Waals surface area (Å²) in [7, 11) is 0. The first-order valence-electron chi connectivity index (χ1n) is 8.21. The second kappa shape index (κ2) is 8.60. The van der Waals surface area contributed by atoms with Crippen LogP contribution in [0.4, 0.5) is 13.2 Å². The van der Waals surface area contributed by atoms with Gasteiger partial charge in [-0.25, -0.2) is 4.68 Å². The summed E-state index contributed by atoms with van der Waals surface area (Å²) in [5.74, 6) is -1.29. The average molecular weight is 384 g/mol. The lowest BCUT2D eigenvalue weighted by Crippen LogP contribution is -2.38. The Hall–Kier alpha value is -2.98. The highest BCUT2D eigenvalue weighted by Crippen LogP contribution is 2.32. The monoisotopic (exact) mass is 384 g/mol. The van der Waals surface area contributed by atoms with Crippen LogP contribution >= 0.6 is 0 Å². The Morgan fingerprint density at radius 3 is 2.56 bits per heavy atom. The summed E-state index contributed by atoms with van der Waals surface area (Å²) in [6, 6.07) is 0.321. The summed E-state index contributed by atoms with van der Waals surface area (Å²) < 4.78 is 41.0. The maximum absolute atomic E-state index is 13.3. The average Bonchev–Trinajstić information content (AvgIpc) is 3.09. The molecule has 0 bridgehead atoms. The lowest BCUT2D eigenvalue weighted by molar-refractivity contribution is -0.155. The van der Waals surface area contributed by atoms with Crippen molar-refractivity contribution in [2.75, 3.05) is 13.1 Å². The van der Waals surface area contributed by atoms with Crippen molar-refractivity contribution < 1.29 is 22.8 Å². The van der Waals surface area contributed by atoms with Crippen molar-refractivity contribution in [3.63, 3.8) is 0 Å². The summed E-state index contributed by atoms with van der Waals surface area (Å²) >= 11 is 0. The molecule has 1 N–H and O–H groups in total. The summed E-state index contributed by atoms with van der Waals surface area (Å²) in [6.07, 6.45) is -1.23. The molecule has 11 heteroatoms. The van der Waals surface area contributed by atoms with Gasteiger partial charge in [0.1, 0.15) is 6.54 Å². The zero-order valence-electron chi connectivity index (χ0n) is 14.8. The molecule has 0 saturated carbocycles. The van der Waals surface area contributed by atoms with Crippen molar-refractivity contribution in [3.8, 4) is 0 Å². The first kappa shape index (κ1) is 20.3. The van der Waals surface area contributed by atoms with Crippen LogP contribution in [-0.4, -0.2) is 56.0 Å². The standard InChI is InChI=1S/C16H19F3N6O2/c1-3-24(4-2)13(26)10-25-9-12(22-23-25)15(27)21-14(16(17,18)19)11-6-5-7-20-8-11/h5-9,14H,3-4,10H2,1-2H3,(H,21,27)/t14-/m1/s1. The Kier molecular flexibility index (Phi) is 6.48. The third-order valence-electron chi connectivity index (χ3n) is 3.81. The van der Waals surface area contributed by atoms with Crippen molar-refractivity contribution in [2.24, 2.45) is 0 Å². The van der Waals surface area contributed by atoms with E-state index in [1.54, 1.807) is 4.90 Å². The number of likely N-dealkylation sites (N-methyl/N-ethyl adjacent to an activating group) is 1. The number of hydrogen-bond donors (Lipinski definition) is 1. The van der Waals surface area contributed by atoms with Gasteiger partial charge in [-0.15, -0.1) is 5.10 Å². The Morgan fingerprint density at radius 2 is 2.00 bits per heavy atom. The first-order valence-corrected chi connectivity index (χ1v) is 8.21. The Balaban J connectivity index is 2.11. The number of nitrogens with one attached hydrogen (secondary N) is 1. The number of nitrogens with zero attached hydrogens (tertiary/aromatic N) is 5. The van der Waals surface area contributed by atoms with Crippen molar-refractivity contribution in [1.29, 1.82) is 0 Å². The molecule has 0 spiro atoms. The molecule has 146 valence electrons. The number of carbonyl (C=O) groups is 2. The molecule has 0 radical (unpaired) electrons. The van der Waals surface area contributed by atoms with Crippen LogP contribution in [-0.2, 0) is 11.3 Å². The van der Waals surface area contributed by atoms with Gasteiger partial charge in [-0.1, -0.05) is 11.3 Å². The van der Waals surface area contributed by atoms with Gasteiger partial charge < -0.3 is 10.2 Å². The van der Waals surface area contributed by atoms with E-state index in [2.05, 4.69) is 15.3 Å². The van der Waals surface area contributed by atoms with Gasteiger partial charge in [-0.2, -0.15) is 13.2 Å². The molecule has 2 heterocycles. The number of amides is 2. The fourth-order valence-corrected chi connectivity index (χ4v) is 2.40. The zero-order chi connectivity index (χ0) is 20.0. The molecule has 0 aromatic carbocycles. The van der Waals surface area contributed by atoms with E-state index in [4.69, 9.17) is 0 Å². The minimum Gasteiger partial charge on any atom is -0.342 e. The van der Waals surface area contributed by atoms with Gasteiger partial charge in [-0.05, 0) is 19.9 Å². The third kappa shape index (κ3) is 5.25. The predicted molar refractivity (Wildman–Crippen MR) is 88.4 cm³/mol. The number of rotatable bonds is 7. The fourth-order valence-electron chi connectivity index (χ4n) is 2.40. The molecular formula is C16H19F3N6O2. The van der Waals surface area contributed by atoms with Crippen molar-refractivity contribution in [3.05, 3.63) is 42.0 Å². The normalized spacial score (nSPS) is 12.5. The van der Waals surface area contributed by atoms with E-state index in [9.17, 15) is 22.8 Å². The molecule has 2 aromatic heterocycles. The number of aromatic nitrogens is 4. The third-order valence-corrected chi connectivity index (χ3v) is 3.81. The highest BCUT2D eigenvalue weighted by Gasteiger charge is 2.42. The van der Waals surface area contributed by atoms with Crippen LogP contribution in [0, 0.1) is 0 Å². The van der Waals surface area contributed by atoms with Gasteiger partial charge in [0.25, 0.3) is 5.91 Å². The first-order chi connectivity index (χ1) is 12.8. The van der Waals surface area contributed by atoms with E-state index in [0.29, 0.717) is 13.1 Å². The molecule has 2 rings (SSSR count). The maximum Gasteiger partial charge on any atom is 0.412 e. The Labute approximate surface area is 153 Å². The van der Waals surface area contributed by atoms with Gasteiger partial charge in [0.15, 0.2) is 11.7 Å². The largest absolute Gasteiger partial charge is 0.412 e. The molecule has 0 aliphatic heterocycles. The number of hydrogen-bond acceptors (Lipinski definition) is 5. The van der Waals surface area contributed by atoms with E-state index in [-0.39, 0.29) is 23.7 Å². The lowest BCUT2D eigenvalue weighted by atomic mass is 10.1. The van der Waals surface area contributed by atoms with E-state index < -0.39 is 18.1 Å². The number of carbonyl (C=O) groups excluding carboxylic acids is 2. The minimum absolute atomic E-state index is 0.159. The van der Waals surface area contributed by atoms with E-state index in [0.717, 1.165) is 17.1 Å². The molecule has 1 atom stereocenters. The van der Waals surface area contributed by atoms with Crippen molar-refractivity contribution >= 4 is 11.8 Å². The quantitative estimate of drug-likeness (QED) is 0.782. The molecule has 27 heavy (non-hydrogen) atoms. The minimum atomic E-state index is -4.71. The summed E-state index contributed by atoms with van der Waals surface area (Å²) in [4.78, 5) is 29.4. The van der Waals surface area contributed by atoms with Crippen LogP contribution in [0.5, 0.6) is 0 Å². The van der Waals surface area contributed by atoms with Crippen molar-refractivity contribution in [1.82, 2.24) is 30.2 Å². The van der Waals surface area contributed by atoms with E-state index >= 15 is 0 Å². The van der Waals surface area contributed by atoms with E-state index in [1.807, 2.05) is 19.2 Å². The van der Waals surface area contributed by atoms with Crippen molar-refractivity contribution in [2.45, 2.75) is 32.6 Å². The smallest absolute Gasteiger partial charge is 0.342 e. The Bertz CT molecular complexity index is 774. The van der Waals surface area contributed by atoms with Crippen LogP contribution in [0.3, 0.4) is 0 Å². The van der Waals surface area contributed by atoms with Crippen LogP contribution in [0.1, 0.15) is 35.9 Å². The number of halogens is 3. The molecule has 0 unspecified atom stereocenters. The van der Waals surface area contributed by atoms with Crippen LogP contribution in [0.15, 0.2) is 30.7 Å². The summed E-state index contributed by atoms with van der Waals surface area (Å²) in [5, 5.41) is 9.08. The second-order valence-corrected chi connectivity index (χ2v) is 5.60. The SMILES string of the molecule is CCN(CC)C(=O)Cn1cc(C(=O)N[C@H](c2cccnc2)C(F)(F)F)nn1. The predicted octanol–water partition coefficient (Wildman–Crippen LogP) is 1.57. The van der Waals surface area contributed by atoms with E-state index in [1.165, 1.54) is 18.3 Å². The topological polar surface area (TPSA) is 93.0 Å². The van der Waals surface area contributed by atoms with Gasteiger partial charge in [0.2, 0.25) is 5.91 Å². The summed E-state index contributed by atoms with van der Waals surface area (Å²) in [5.41, 5.74) is -0.525. The Morgan fingerprint density at radius 1 is 1.30 bits per heavy atom. The van der Waals surface area contributed by atoms with Crippen LogP contribution < -0.4 is 5.32 Å². The molecule has 0 fully saturated rings. The highest BCUT2D eigenvalue weighted by molar-refractivity contribution is 5.92. The van der Waals surface area contributed by atoms with Gasteiger partial charge in [0.05, 0.1) is 6.20 Å². The van der Waals surface area contributed by atoms with Gasteiger partial charge in [0, 0.05) is 31.0 Å². The van der Waals surface area contributed by atoms with Gasteiger partial charge >= 0.3 is 6.18 Å². The van der Waals surface area contributed by atoms with Gasteiger partial charge in [-0.3, -0.25) is 14.6 Å². The molecule has 2 amide bonds. The zero-order valence-corrected chi connectivity index (χ0v) is 14.8. The highest BCUT2D eigenvalue weighted by atomic mass is 19.4. The molecule has 8 nitrogen and oxygen atoms in total.